The summed E-state index contributed by atoms with van der Waals surface area (Å²) in [5.74, 6) is -2.97. The van der Waals surface area contributed by atoms with Crippen LogP contribution in [0.25, 0.3) is 0 Å². The quantitative estimate of drug-likeness (QED) is 0.688. The normalized spacial score (nSPS) is 32.0. The van der Waals surface area contributed by atoms with Gasteiger partial charge in [-0.3, -0.25) is 0 Å². The van der Waals surface area contributed by atoms with E-state index in [-0.39, 0.29) is 5.92 Å². The van der Waals surface area contributed by atoms with Crippen LogP contribution in [0.4, 0.5) is 8.78 Å². The van der Waals surface area contributed by atoms with Crippen molar-refractivity contribution < 1.29 is 8.78 Å². The van der Waals surface area contributed by atoms with Crippen molar-refractivity contribution in [3.8, 4) is 0 Å². The number of hydrogen-bond acceptors (Lipinski definition) is 1. The van der Waals surface area contributed by atoms with Crippen molar-refractivity contribution in [1.82, 2.24) is 0 Å². The fourth-order valence-corrected chi connectivity index (χ4v) is 2.16. The van der Waals surface area contributed by atoms with E-state index in [0.717, 1.165) is 26.2 Å². The van der Waals surface area contributed by atoms with Gasteiger partial charge in [0.15, 0.2) is 0 Å². The topological polar surface area (TPSA) is 26.0 Å². The van der Waals surface area contributed by atoms with Crippen LogP contribution in [-0.2, 0) is 0 Å². The van der Waals surface area contributed by atoms with Gasteiger partial charge in [-0.15, -0.1) is 0 Å². The zero-order valence-corrected chi connectivity index (χ0v) is 7.52. The highest BCUT2D eigenvalue weighted by Gasteiger charge is 2.40. The van der Waals surface area contributed by atoms with E-state index in [1.807, 2.05) is 0 Å². The first-order valence-electron chi connectivity index (χ1n) is 4.63. The highest BCUT2D eigenvalue weighted by molar-refractivity contribution is 4.83. The highest BCUT2D eigenvalue weighted by atomic mass is 19.3. The SMILES string of the molecule is CC(F)(F)C1CCCCC1CN. The molecule has 0 aromatic carbocycles. The fourth-order valence-electron chi connectivity index (χ4n) is 2.16. The average Bonchev–Trinajstić information content (AvgIpc) is 2.03. The highest BCUT2D eigenvalue weighted by Crippen LogP contribution is 2.39. The molecule has 1 aliphatic carbocycles. The van der Waals surface area contributed by atoms with Gasteiger partial charge in [-0.2, -0.15) is 0 Å². The van der Waals surface area contributed by atoms with E-state index in [1.54, 1.807) is 0 Å². The van der Waals surface area contributed by atoms with Crippen LogP contribution in [-0.4, -0.2) is 12.5 Å². The summed E-state index contributed by atoms with van der Waals surface area (Å²) in [4.78, 5) is 0. The van der Waals surface area contributed by atoms with Crippen molar-refractivity contribution in [2.45, 2.75) is 38.5 Å². The lowest BCUT2D eigenvalue weighted by atomic mass is 9.76. The lowest BCUT2D eigenvalue weighted by Gasteiger charge is -2.34. The van der Waals surface area contributed by atoms with Gasteiger partial charge in [-0.1, -0.05) is 12.8 Å². The molecule has 0 aromatic heterocycles. The van der Waals surface area contributed by atoms with Crippen LogP contribution in [0, 0.1) is 11.8 Å². The molecular weight excluding hydrogens is 160 g/mol. The van der Waals surface area contributed by atoms with Crippen LogP contribution < -0.4 is 5.73 Å². The molecule has 0 aromatic rings. The maximum Gasteiger partial charge on any atom is 0.248 e. The molecule has 0 radical (unpaired) electrons. The smallest absolute Gasteiger partial charge is 0.248 e. The molecule has 0 heterocycles. The van der Waals surface area contributed by atoms with Crippen molar-refractivity contribution in [2.75, 3.05) is 6.54 Å². The third-order valence-electron chi connectivity index (χ3n) is 2.86. The van der Waals surface area contributed by atoms with Crippen LogP contribution in [0.5, 0.6) is 0 Å². The molecule has 0 amide bonds. The lowest BCUT2D eigenvalue weighted by Crippen LogP contribution is -2.37. The monoisotopic (exact) mass is 177 g/mol. The maximum absolute atomic E-state index is 13.0. The van der Waals surface area contributed by atoms with Crippen molar-refractivity contribution in [1.29, 1.82) is 0 Å². The second-order valence-electron chi connectivity index (χ2n) is 3.84. The van der Waals surface area contributed by atoms with Crippen LogP contribution in [0.1, 0.15) is 32.6 Å². The molecule has 0 aliphatic heterocycles. The van der Waals surface area contributed by atoms with Gasteiger partial charge in [-0.25, -0.2) is 8.78 Å². The number of nitrogens with two attached hydrogens (primary N) is 1. The molecule has 1 saturated carbocycles. The molecule has 2 unspecified atom stereocenters. The van der Waals surface area contributed by atoms with E-state index < -0.39 is 11.8 Å². The van der Waals surface area contributed by atoms with Crippen molar-refractivity contribution >= 4 is 0 Å². The van der Waals surface area contributed by atoms with Gasteiger partial charge in [0.05, 0.1) is 0 Å². The van der Waals surface area contributed by atoms with Gasteiger partial charge in [-0.05, 0) is 32.2 Å². The minimum Gasteiger partial charge on any atom is -0.330 e. The molecule has 1 aliphatic rings. The number of rotatable bonds is 2. The van der Waals surface area contributed by atoms with Crippen molar-refractivity contribution in [2.24, 2.45) is 17.6 Å². The van der Waals surface area contributed by atoms with Gasteiger partial charge in [0.25, 0.3) is 0 Å². The molecule has 0 bridgehead atoms. The minimum atomic E-state index is -2.54. The Kier molecular flexibility index (Phi) is 3.04. The Morgan fingerprint density at radius 3 is 2.33 bits per heavy atom. The third-order valence-corrected chi connectivity index (χ3v) is 2.86. The number of halogens is 2. The standard InChI is InChI=1S/C9H17F2N/c1-9(10,11)8-5-3-2-4-7(8)6-12/h7-8H,2-6,12H2,1H3. The second-order valence-corrected chi connectivity index (χ2v) is 3.84. The Morgan fingerprint density at radius 1 is 1.33 bits per heavy atom. The zero-order valence-electron chi connectivity index (χ0n) is 7.52. The molecule has 1 fully saturated rings. The summed E-state index contributed by atoms with van der Waals surface area (Å²) >= 11 is 0. The molecule has 72 valence electrons. The van der Waals surface area contributed by atoms with Gasteiger partial charge in [0, 0.05) is 5.92 Å². The molecule has 2 atom stereocenters. The number of alkyl halides is 2. The summed E-state index contributed by atoms with van der Waals surface area (Å²) in [6, 6.07) is 0. The number of hydrogen-bond donors (Lipinski definition) is 1. The molecule has 12 heavy (non-hydrogen) atoms. The van der Waals surface area contributed by atoms with E-state index >= 15 is 0 Å². The first kappa shape index (κ1) is 9.90. The molecule has 3 heteroatoms. The molecule has 2 N–H and O–H groups in total. The third kappa shape index (κ3) is 2.16. The van der Waals surface area contributed by atoms with Gasteiger partial charge in [0.2, 0.25) is 5.92 Å². The van der Waals surface area contributed by atoms with E-state index in [2.05, 4.69) is 0 Å². The van der Waals surface area contributed by atoms with Gasteiger partial charge in [0.1, 0.15) is 0 Å². The molecule has 1 nitrogen and oxygen atoms in total. The van der Waals surface area contributed by atoms with E-state index in [4.69, 9.17) is 5.73 Å². The average molecular weight is 177 g/mol. The predicted molar refractivity (Wildman–Crippen MR) is 45.1 cm³/mol. The predicted octanol–water partition coefficient (Wildman–Crippen LogP) is 2.41. The Morgan fingerprint density at radius 2 is 1.92 bits per heavy atom. The molecular formula is C9H17F2N. The summed E-state index contributed by atoms with van der Waals surface area (Å²) in [6.07, 6.45) is 3.52. The van der Waals surface area contributed by atoms with E-state index in [1.165, 1.54) is 0 Å². The van der Waals surface area contributed by atoms with E-state index in [0.29, 0.717) is 13.0 Å². The second kappa shape index (κ2) is 3.69. The molecule has 1 rings (SSSR count). The summed E-state index contributed by atoms with van der Waals surface area (Å²) < 4.78 is 26.0. The summed E-state index contributed by atoms with van der Waals surface area (Å²) in [5, 5.41) is 0. The first-order chi connectivity index (χ1) is 5.55. The Hall–Kier alpha value is -0.180. The minimum absolute atomic E-state index is 0.0405. The Balaban J connectivity index is 2.59. The Labute approximate surface area is 72.3 Å². The van der Waals surface area contributed by atoms with Gasteiger partial charge >= 0.3 is 0 Å². The zero-order chi connectivity index (χ0) is 9.19. The largest absolute Gasteiger partial charge is 0.330 e. The molecule has 0 spiro atoms. The van der Waals surface area contributed by atoms with Crippen LogP contribution in [0.3, 0.4) is 0 Å². The fraction of sp³-hybridized carbons (Fsp3) is 1.00. The lowest BCUT2D eigenvalue weighted by molar-refractivity contribution is -0.0748. The summed E-state index contributed by atoms with van der Waals surface area (Å²) in [7, 11) is 0. The summed E-state index contributed by atoms with van der Waals surface area (Å²) in [5.41, 5.74) is 5.46. The van der Waals surface area contributed by atoms with Crippen molar-refractivity contribution in [3.05, 3.63) is 0 Å². The molecule has 0 saturated heterocycles. The van der Waals surface area contributed by atoms with Crippen LogP contribution >= 0.6 is 0 Å². The Bertz CT molecular complexity index is 142. The van der Waals surface area contributed by atoms with Crippen LogP contribution in [0.2, 0.25) is 0 Å². The maximum atomic E-state index is 13.0. The van der Waals surface area contributed by atoms with E-state index in [9.17, 15) is 8.78 Å². The first-order valence-corrected chi connectivity index (χ1v) is 4.63. The summed E-state index contributed by atoms with van der Waals surface area (Å²) in [6.45, 7) is 1.43. The van der Waals surface area contributed by atoms with Crippen molar-refractivity contribution in [3.63, 3.8) is 0 Å². The van der Waals surface area contributed by atoms with Crippen LogP contribution in [0.15, 0.2) is 0 Å². The van der Waals surface area contributed by atoms with Gasteiger partial charge < -0.3 is 5.73 Å².